The molecule has 0 radical (unpaired) electrons. The summed E-state index contributed by atoms with van der Waals surface area (Å²) >= 11 is 0. The molecule has 2 fully saturated rings. The lowest BCUT2D eigenvalue weighted by Gasteiger charge is -2.21. The number of carbonyl (C=O) groups excluding carboxylic acids is 1. The van der Waals surface area contributed by atoms with E-state index in [1.165, 1.54) is 32.2 Å². The van der Waals surface area contributed by atoms with Gasteiger partial charge in [-0.05, 0) is 31.6 Å². The first kappa shape index (κ1) is 15.6. The highest BCUT2D eigenvalue weighted by atomic mass is 16.3. The Morgan fingerprint density at radius 2 is 2.10 bits per heavy atom. The summed E-state index contributed by atoms with van der Waals surface area (Å²) in [6.07, 6.45) is 7.33. The van der Waals surface area contributed by atoms with E-state index in [1.54, 1.807) is 0 Å². The Bertz CT molecular complexity index is 301. The number of hydrogen-bond donors (Lipinski definition) is 3. The smallest absolute Gasteiger partial charge is 0.315 e. The van der Waals surface area contributed by atoms with Crippen LogP contribution in [0.4, 0.5) is 4.79 Å². The van der Waals surface area contributed by atoms with Crippen molar-refractivity contribution in [2.45, 2.75) is 57.5 Å². The minimum Gasteiger partial charge on any atom is -0.394 e. The largest absolute Gasteiger partial charge is 0.394 e. The molecule has 0 aromatic heterocycles. The lowest BCUT2D eigenvalue weighted by atomic mass is 10.1. The molecule has 0 spiro atoms. The van der Waals surface area contributed by atoms with Gasteiger partial charge in [0, 0.05) is 25.7 Å². The SMILES string of the molecule is CCC(CO)NC(=O)NC1CCN(CC2CCCC2)C1. The van der Waals surface area contributed by atoms with Crippen molar-refractivity contribution >= 4 is 6.03 Å². The number of rotatable bonds is 6. The quantitative estimate of drug-likeness (QED) is 0.689. The molecular weight excluding hydrogens is 254 g/mol. The molecule has 0 aromatic rings. The van der Waals surface area contributed by atoms with Crippen molar-refractivity contribution in [2.24, 2.45) is 5.92 Å². The zero-order valence-electron chi connectivity index (χ0n) is 12.6. The molecular formula is C15H29N3O2. The molecule has 2 unspecified atom stereocenters. The molecule has 2 atom stereocenters. The fourth-order valence-corrected chi connectivity index (χ4v) is 3.36. The molecule has 5 heteroatoms. The number of aliphatic hydroxyl groups excluding tert-OH is 1. The number of amides is 2. The lowest BCUT2D eigenvalue weighted by Crippen LogP contribution is -2.48. The van der Waals surface area contributed by atoms with Crippen molar-refractivity contribution in [2.75, 3.05) is 26.2 Å². The van der Waals surface area contributed by atoms with E-state index in [0.29, 0.717) is 0 Å². The molecule has 1 aliphatic heterocycles. The zero-order valence-corrected chi connectivity index (χ0v) is 12.6. The average Bonchev–Trinajstić information content (AvgIpc) is 3.09. The molecule has 3 N–H and O–H groups in total. The van der Waals surface area contributed by atoms with Crippen LogP contribution < -0.4 is 10.6 Å². The number of urea groups is 1. The van der Waals surface area contributed by atoms with Crippen LogP contribution in [0.15, 0.2) is 0 Å². The van der Waals surface area contributed by atoms with Crippen molar-refractivity contribution in [3.8, 4) is 0 Å². The van der Waals surface area contributed by atoms with Crippen molar-refractivity contribution in [3.05, 3.63) is 0 Å². The Balaban J connectivity index is 1.66. The van der Waals surface area contributed by atoms with Crippen LogP contribution >= 0.6 is 0 Å². The first-order valence-electron chi connectivity index (χ1n) is 8.11. The molecule has 1 aliphatic carbocycles. The lowest BCUT2D eigenvalue weighted by molar-refractivity contribution is 0.211. The van der Waals surface area contributed by atoms with E-state index < -0.39 is 0 Å². The first-order chi connectivity index (χ1) is 9.71. The van der Waals surface area contributed by atoms with Crippen LogP contribution in [-0.4, -0.2) is 54.4 Å². The normalized spacial score (nSPS) is 25.8. The second-order valence-electron chi connectivity index (χ2n) is 6.30. The molecule has 1 heterocycles. The van der Waals surface area contributed by atoms with E-state index in [9.17, 15) is 4.79 Å². The Labute approximate surface area is 122 Å². The fraction of sp³-hybridized carbons (Fsp3) is 0.933. The van der Waals surface area contributed by atoms with Gasteiger partial charge in [-0.1, -0.05) is 19.8 Å². The standard InChI is InChI=1S/C15H29N3O2/c1-2-13(11-19)16-15(20)17-14-7-8-18(10-14)9-12-5-3-4-6-12/h12-14,19H,2-11H2,1H3,(H2,16,17,20). The maximum atomic E-state index is 11.8. The molecule has 1 saturated carbocycles. The third kappa shape index (κ3) is 4.63. The van der Waals surface area contributed by atoms with Gasteiger partial charge in [-0.15, -0.1) is 0 Å². The van der Waals surface area contributed by atoms with E-state index in [4.69, 9.17) is 5.11 Å². The van der Waals surface area contributed by atoms with Crippen LogP contribution in [0.25, 0.3) is 0 Å². The van der Waals surface area contributed by atoms with E-state index in [2.05, 4.69) is 15.5 Å². The van der Waals surface area contributed by atoms with E-state index in [1.807, 2.05) is 6.92 Å². The highest BCUT2D eigenvalue weighted by Gasteiger charge is 2.27. The highest BCUT2D eigenvalue weighted by Crippen LogP contribution is 2.26. The summed E-state index contributed by atoms with van der Waals surface area (Å²) in [5.41, 5.74) is 0. The maximum Gasteiger partial charge on any atom is 0.315 e. The second kappa shape index (κ2) is 7.84. The van der Waals surface area contributed by atoms with Crippen LogP contribution in [0.1, 0.15) is 45.4 Å². The van der Waals surface area contributed by atoms with Crippen molar-refractivity contribution in [1.82, 2.24) is 15.5 Å². The van der Waals surface area contributed by atoms with E-state index >= 15 is 0 Å². The number of carbonyl (C=O) groups is 1. The van der Waals surface area contributed by atoms with Gasteiger partial charge in [0.25, 0.3) is 0 Å². The molecule has 2 aliphatic rings. The van der Waals surface area contributed by atoms with Crippen LogP contribution in [0.2, 0.25) is 0 Å². The summed E-state index contributed by atoms with van der Waals surface area (Å²) in [7, 11) is 0. The predicted molar refractivity (Wildman–Crippen MR) is 79.6 cm³/mol. The molecule has 116 valence electrons. The van der Waals surface area contributed by atoms with Crippen LogP contribution in [0, 0.1) is 5.92 Å². The van der Waals surface area contributed by atoms with Crippen LogP contribution in [0.5, 0.6) is 0 Å². The fourth-order valence-electron chi connectivity index (χ4n) is 3.36. The van der Waals surface area contributed by atoms with Crippen molar-refractivity contribution in [3.63, 3.8) is 0 Å². The number of nitrogens with one attached hydrogen (secondary N) is 2. The number of nitrogens with zero attached hydrogens (tertiary/aromatic N) is 1. The van der Waals surface area contributed by atoms with E-state index in [-0.39, 0.29) is 24.7 Å². The predicted octanol–water partition coefficient (Wildman–Crippen LogP) is 1.32. The Morgan fingerprint density at radius 1 is 1.35 bits per heavy atom. The summed E-state index contributed by atoms with van der Waals surface area (Å²) in [5, 5.41) is 14.9. The molecule has 20 heavy (non-hydrogen) atoms. The molecule has 0 bridgehead atoms. The first-order valence-corrected chi connectivity index (χ1v) is 8.11. The van der Waals surface area contributed by atoms with Gasteiger partial charge < -0.3 is 20.6 Å². The van der Waals surface area contributed by atoms with Crippen LogP contribution in [0.3, 0.4) is 0 Å². The van der Waals surface area contributed by atoms with Gasteiger partial charge in [0.15, 0.2) is 0 Å². The minimum absolute atomic E-state index is 0.00237. The summed E-state index contributed by atoms with van der Waals surface area (Å²) in [5.74, 6) is 0.876. The summed E-state index contributed by atoms with van der Waals surface area (Å²) < 4.78 is 0. The monoisotopic (exact) mass is 283 g/mol. The Kier molecular flexibility index (Phi) is 6.10. The summed E-state index contributed by atoms with van der Waals surface area (Å²) in [6, 6.07) is -0.0165. The Hall–Kier alpha value is -0.810. The number of hydrogen-bond acceptors (Lipinski definition) is 3. The van der Waals surface area contributed by atoms with Gasteiger partial charge in [-0.3, -0.25) is 0 Å². The maximum absolute atomic E-state index is 11.8. The molecule has 5 nitrogen and oxygen atoms in total. The number of aliphatic hydroxyl groups is 1. The molecule has 2 amide bonds. The molecule has 0 aromatic carbocycles. The third-order valence-corrected chi connectivity index (χ3v) is 4.65. The van der Waals surface area contributed by atoms with Gasteiger partial charge in [-0.2, -0.15) is 0 Å². The van der Waals surface area contributed by atoms with E-state index in [0.717, 1.165) is 31.8 Å². The van der Waals surface area contributed by atoms with Gasteiger partial charge in [0.2, 0.25) is 0 Å². The summed E-state index contributed by atoms with van der Waals surface area (Å²) in [6.45, 7) is 5.23. The summed E-state index contributed by atoms with van der Waals surface area (Å²) in [4.78, 5) is 14.3. The van der Waals surface area contributed by atoms with Crippen LogP contribution in [-0.2, 0) is 0 Å². The van der Waals surface area contributed by atoms with Gasteiger partial charge >= 0.3 is 6.03 Å². The minimum atomic E-state index is -0.140. The topological polar surface area (TPSA) is 64.6 Å². The number of likely N-dealkylation sites (tertiary alicyclic amines) is 1. The zero-order chi connectivity index (χ0) is 14.4. The van der Waals surface area contributed by atoms with Gasteiger partial charge in [0.05, 0.1) is 12.6 Å². The molecule has 2 rings (SSSR count). The van der Waals surface area contributed by atoms with Crippen molar-refractivity contribution < 1.29 is 9.90 Å². The van der Waals surface area contributed by atoms with Gasteiger partial charge in [0.1, 0.15) is 0 Å². The van der Waals surface area contributed by atoms with Gasteiger partial charge in [-0.25, -0.2) is 4.79 Å². The van der Waals surface area contributed by atoms with Crippen molar-refractivity contribution in [1.29, 1.82) is 0 Å². The Morgan fingerprint density at radius 3 is 2.75 bits per heavy atom. The molecule has 1 saturated heterocycles. The highest BCUT2D eigenvalue weighted by molar-refractivity contribution is 5.74. The third-order valence-electron chi connectivity index (χ3n) is 4.65. The average molecular weight is 283 g/mol. The second-order valence-corrected chi connectivity index (χ2v) is 6.30.